The summed E-state index contributed by atoms with van der Waals surface area (Å²) < 4.78 is 7.35. The lowest BCUT2D eigenvalue weighted by atomic mass is 10.2. The minimum Gasteiger partial charge on any atom is -0.444 e. The number of rotatable bonds is 2. The van der Waals surface area contributed by atoms with Gasteiger partial charge >= 0.3 is 6.09 Å². The summed E-state index contributed by atoms with van der Waals surface area (Å²) in [6.45, 7) is 8.81. The molecule has 0 spiro atoms. The van der Waals surface area contributed by atoms with Crippen molar-refractivity contribution in [3.63, 3.8) is 0 Å². The van der Waals surface area contributed by atoms with Crippen LogP contribution in [-0.2, 0) is 11.3 Å². The lowest BCUT2D eigenvalue weighted by Crippen LogP contribution is -2.42. The quantitative estimate of drug-likeness (QED) is 0.891. The number of likely N-dealkylation sites (tertiary alicyclic amines) is 1. The molecule has 1 saturated heterocycles. The molecule has 2 N–H and O–H groups in total. The number of hydrogen-bond donors (Lipinski definition) is 1. The Morgan fingerprint density at radius 1 is 1.55 bits per heavy atom. The fourth-order valence-electron chi connectivity index (χ4n) is 2.46. The average Bonchev–Trinajstić information content (AvgIpc) is 2.84. The molecule has 0 bridgehead atoms. The van der Waals surface area contributed by atoms with Gasteiger partial charge in [-0.25, -0.2) is 4.79 Å². The molecule has 6 heteroatoms. The van der Waals surface area contributed by atoms with E-state index < -0.39 is 5.60 Å². The van der Waals surface area contributed by atoms with Crippen molar-refractivity contribution >= 4 is 6.09 Å². The summed E-state index contributed by atoms with van der Waals surface area (Å²) in [5.74, 6) is 0. The SMILES string of the molecule is Cc1ccnn1C[C@@H]1C[C@@H](N)CN1C(=O)OC(C)(C)C. The molecule has 112 valence electrons. The van der Waals surface area contributed by atoms with Gasteiger partial charge in [-0.3, -0.25) is 4.68 Å². The number of hydrogen-bond acceptors (Lipinski definition) is 4. The molecule has 0 aromatic carbocycles. The number of aryl methyl sites for hydroxylation is 1. The van der Waals surface area contributed by atoms with Crippen molar-refractivity contribution in [3.8, 4) is 0 Å². The largest absolute Gasteiger partial charge is 0.444 e. The van der Waals surface area contributed by atoms with Crippen LogP contribution >= 0.6 is 0 Å². The van der Waals surface area contributed by atoms with Crippen LogP contribution in [0.15, 0.2) is 12.3 Å². The van der Waals surface area contributed by atoms with Crippen molar-refractivity contribution < 1.29 is 9.53 Å². The zero-order chi connectivity index (χ0) is 14.9. The third-order valence-corrected chi connectivity index (χ3v) is 3.39. The predicted octanol–water partition coefficient (Wildman–Crippen LogP) is 1.53. The summed E-state index contributed by atoms with van der Waals surface area (Å²) in [6, 6.07) is 1.99. The molecule has 0 aliphatic carbocycles. The molecule has 6 nitrogen and oxygen atoms in total. The van der Waals surface area contributed by atoms with Gasteiger partial charge in [-0.05, 0) is 40.2 Å². The van der Waals surface area contributed by atoms with Crippen LogP contribution in [0.2, 0.25) is 0 Å². The number of ether oxygens (including phenoxy) is 1. The number of nitrogens with zero attached hydrogens (tertiary/aromatic N) is 3. The third-order valence-electron chi connectivity index (χ3n) is 3.39. The van der Waals surface area contributed by atoms with Crippen LogP contribution in [0.1, 0.15) is 32.9 Å². The Morgan fingerprint density at radius 2 is 2.25 bits per heavy atom. The van der Waals surface area contributed by atoms with E-state index in [0.717, 1.165) is 12.1 Å². The molecule has 1 fully saturated rings. The third kappa shape index (κ3) is 3.50. The average molecular weight is 280 g/mol. The maximum absolute atomic E-state index is 12.2. The van der Waals surface area contributed by atoms with E-state index in [0.29, 0.717) is 13.1 Å². The number of nitrogens with two attached hydrogens (primary N) is 1. The van der Waals surface area contributed by atoms with Gasteiger partial charge in [-0.15, -0.1) is 0 Å². The lowest BCUT2D eigenvalue weighted by Gasteiger charge is -2.28. The van der Waals surface area contributed by atoms with E-state index in [4.69, 9.17) is 10.5 Å². The molecular weight excluding hydrogens is 256 g/mol. The van der Waals surface area contributed by atoms with Crippen LogP contribution in [0.5, 0.6) is 0 Å². The van der Waals surface area contributed by atoms with Crippen molar-refractivity contribution in [2.75, 3.05) is 6.54 Å². The van der Waals surface area contributed by atoms with Crippen molar-refractivity contribution in [3.05, 3.63) is 18.0 Å². The molecular formula is C14H24N4O2. The Hall–Kier alpha value is -1.56. The highest BCUT2D eigenvalue weighted by Gasteiger charge is 2.36. The smallest absolute Gasteiger partial charge is 0.410 e. The Balaban J connectivity index is 2.07. The van der Waals surface area contributed by atoms with Gasteiger partial charge in [0.15, 0.2) is 0 Å². The molecule has 0 saturated carbocycles. The van der Waals surface area contributed by atoms with E-state index in [9.17, 15) is 4.79 Å². The van der Waals surface area contributed by atoms with E-state index >= 15 is 0 Å². The minimum absolute atomic E-state index is 0.00314. The summed E-state index contributed by atoms with van der Waals surface area (Å²) in [4.78, 5) is 14.0. The Kier molecular flexibility index (Phi) is 4.04. The molecule has 1 aromatic heterocycles. The number of carbonyl (C=O) groups excluding carboxylic acids is 1. The van der Waals surface area contributed by atoms with Crippen LogP contribution in [-0.4, -0.2) is 45.0 Å². The standard InChI is InChI=1S/C14H24N4O2/c1-10-5-6-16-18(10)9-12-7-11(15)8-17(12)13(19)20-14(2,3)4/h5-6,11-12H,7-9,15H2,1-4H3/t11-,12+/m1/s1. The van der Waals surface area contributed by atoms with Gasteiger partial charge in [0.2, 0.25) is 0 Å². The minimum atomic E-state index is -0.490. The maximum atomic E-state index is 12.2. The van der Waals surface area contributed by atoms with Gasteiger partial charge in [0, 0.05) is 24.5 Å². The zero-order valence-corrected chi connectivity index (χ0v) is 12.7. The molecule has 2 heterocycles. The highest BCUT2D eigenvalue weighted by molar-refractivity contribution is 5.69. The monoisotopic (exact) mass is 280 g/mol. The molecule has 20 heavy (non-hydrogen) atoms. The molecule has 1 aliphatic heterocycles. The van der Waals surface area contributed by atoms with Gasteiger partial charge in [0.1, 0.15) is 5.60 Å². The molecule has 0 radical (unpaired) electrons. The summed E-state index contributed by atoms with van der Waals surface area (Å²) in [5.41, 5.74) is 6.59. The van der Waals surface area contributed by atoms with Crippen molar-refractivity contribution in [1.29, 1.82) is 0 Å². The molecule has 2 rings (SSSR count). The van der Waals surface area contributed by atoms with Crippen LogP contribution in [0.3, 0.4) is 0 Å². The predicted molar refractivity (Wildman–Crippen MR) is 76.3 cm³/mol. The van der Waals surface area contributed by atoms with Crippen LogP contribution in [0, 0.1) is 6.92 Å². The summed E-state index contributed by atoms with van der Waals surface area (Å²) in [7, 11) is 0. The second kappa shape index (κ2) is 5.44. The first-order valence-corrected chi connectivity index (χ1v) is 7.00. The van der Waals surface area contributed by atoms with E-state index in [-0.39, 0.29) is 18.2 Å². The fraction of sp³-hybridized carbons (Fsp3) is 0.714. The van der Waals surface area contributed by atoms with Crippen molar-refractivity contribution in [1.82, 2.24) is 14.7 Å². The van der Waals surface area contributed by atoms with E-state index in [1.165, 1.54) is 0 Å². The van der Waals surface area contributed by atoms with E-state index in [1.54, 1.807) is 11.1 Å². The van der Waals surface area contributed by atoms with Crippen LogP contribution in [0.4, 0.5) is 4.79 Å². The highest BCUT2D eigenvalue weighted by Crippen LogP contribution is 2.21. The summed E-state index contributed by atoms with van der Waals surface area (Å²) in [5, 5.41) is 4.27. The second-order valence-corrected chi connectivity index (χ2v) is 6.44. The van der Waals surface area contributed by atoms with Gasteiger partial charge in [0.25, 0.3) is 0 Å². The number of aromatic nitrogens is 2. The number of amides is 1. The van der Waals surface area contributed by atoms with Crippen molar-refractivity contribution in [2.24, 2.45) is 5.73 Å². The first-order chi connectivity index (χ1) is 9.26. The van der Waals surface area contributed by atoms with E-state index in [1.807, 2.05) is 38.4 Å². The maximum Gasteiger partial charge on any atom is 0.410 e. The zero-order valence-electron chi connectivity index (χ0n) is 12.7. The topological polar surface area (TPSA) is 73.4 Å². The lowest BCUT2D eigenvalue weighted by molar-refractivity contribution is 0.0209. The molecule has 0 unspecified atom stereocenters. The molecule has 1 aromatic rings. The first kappa shape index (κ1) is 14.8. The van der Waals surface area contributed by atoms with Gasteiger partial charge in [-0.2, -0.15) is 5.10 Å². The van der Waals surface area contributed by atoms with Gasteiger partial charge in [0.05, 0.1) is 12.6 Å². The molecule has 2 atom stereocenters. The van der Waals surface area contributed by atoms with E-state index in [2.05, 4.69) is 5.10 Å². The van der Waals surface area contributed by atoms with Crippen molar-refractivity contribution in [2.45, 2.75) is 58.3 Å². The normalized spacial score (nSPS) is 23.1. The van der Waals surface area contributed by atoms with Gasteiger partial charge in [-0.1, -0.05) is 0 Å². The second-order valence-electron chi connectivity index (χ2n) is 6.44. The van der Waals surface area contributed by atoms with Gasteiger partial charge < -0.3 is 15.4 Å². The summed E-state index contributed by atoms with van der Waals surface area (Å²) in [6.07, 6.45) is 2.25. The van der Waals surface area contributed by atoms with Crippen LogP contribution in [0.25, 0.3) is 0 Å². The molecule has 1 amide bonds. The summed E-state index contributed by atoms with van der Waals surface area (Å²) >= 11 is 0. The van der Waals surface area contributed by atoms with Crippen LogP contribution < -0.4 is 5.73 Å². The fourth-order valence-corrected chi connectivity index (χ4v) is 2.46. The highest BCUT2D eigenvalue weighted by atomic mass is 16.6. The Labute approximate surface area is 119 Å². The Bertz CT molecular complexity index is 478. The Morgan fingerprint density at radius 3 is 2.80 bits per heavy atom. The number of carbonyl (C=O) groups is 1. The first-order valence-electron chi connectivity index (χ1n) is 7.00. The molecule has 1 aliphatic rings.